The molecule has 5 aromatic rings. The Kier molecular flexibility index (Phi) is 8.76. The number of nitrogens with one attached hydrogen (secondary N) is 1. The zero-order valence-electron chi connectivity index (χ0n) is 24.6. The van der Waals surface area contributed by atoms with E-state index in [0.717, 1.165) is 17.7 Å². The van der Waals surface area contributed by atoms with Gasteiger partial charge < -0.3 is 19.7 Å². The van der Waals surface area contributed by atoms with Gasteiger partial charge in [0.15, 0.2) is 5.13 Å². The molecule has 1 aliphatic rings. The van der Waals surface area contributed by atoms with Crippen LogP contribution in [-0.2, 0) is 22.5 Å². The molecule has 4 aromatic carbocycles. The van der Waals surface area contributed by atoms with Crippen LogP contribution in [0.15, 0.2) is 96.4 Å². The van der Waals surface area contributed by atoms with Gasteiger partial charge in [0.1, 0.15) is 5.75 Å². The number of halogens is 3. The van der Waals surface area contributed by atoms with Crippen molar-refractivity contribution in [3.05, 3.63) is 119 Å². The second kappa shape index (κ2) is 13.1. The van der Waals surface area contributed by atoms with E-state index in [1.807, 2.05) is 34.5 Å². The summed E-state index contributed by atoms with van der Waals surface area (Å²) in [5.74, 6) is -1.02. The normalized spacial score (nSPS) is 11.8. The van der Waals surface area contributed by atoms with E-state index in [2.05, 4.69) is 45.1 Å². The van der Waals surface area contributed by atoms with Crippen LogP contribution in [0.5, 0.6) is 5.75 Å². The number of fused-ring (bicyclic) bond motifs is 3. The van der Waals surface area contributed by atoms with Crippen molar-refractivity contribution >= 4 is 34.0 Å². The van der Waals surface area contributed by atoms with Crippen LogP contribution in [0, 0.1) is 0 Å². The van der Waals surface area contributed by atoms with Crippen LogP contribution < -0.4 is 15.0 Å². The van der Waals surface area contributed by atoms with Crippen molar-refractivity contribution in [3.8, 4) is 28.1 Å². The van der Waals surface area contributed by atoms with Crippen molar-refractivity contribution < 1.29 is 32.2 Å². The topological polar surface area (TPSA) is 80.8 Å². The number of aromatic nitrogens is 1. The lowest BCUT2D eigenvalue weighted by atomic mass is 10.0. The number of alkyl halides is 3. The number of carbonyl (C=O) groups excluding carboxylic acids is 2. The fourth-order valence-corrected chi connectivity index (χ4v) is 6.23. The Labute approximate surface area is 267 Å². The molecule has 0 unspecified atom stereocenters. The molecule has 0 atom stereocenters. The summed E-state index contributed by atoms with van der Waals surface area (Å²) in [6.45, 7) is 0.645. The van der Waals surface area contributed by atoms with Gasteiger partial charge in [-0.05, 0) is 82.8 Å². The van der Waals surface area contributed by atoms with E-state index >= 15 is 0 Å². The molecule has 0 aliphatic heterocycles. The molecule has 0 radical (unpaired) electrons. The number of hydrogen-bond donors (Lipinski definition) is 1. The van der Waals surface area contributed by atoms with Gasteiger partial charge in [-0.2, -0.15) is 0 Å². The molecular formula is C35H28F3N3O4S. The van der Waals surface area contributed by atoms with Gasteiger partial charge in [-0.3, -0.25) is 9.59 Å². The Hall–Kier alpha value is -5.16. The van der Waals surface area contributed by atoms with Crippen molar-refractivity contribution in [2.24, 2.45) is 0 Å². The predicted octanol–water partition coefficient (Wildman–Crippen LogP) is 7.91. The first-order chi connectivity index (χ1) is 22.2. The Morgan fingerprint density at radius 1 is 0.935 bits per heavy atom. The van der Waals surface area contributed by atoms with Crippen molar-refractivity contribution in [2.75, 3.05) is 18.6 Å². The largest absolute Gasteiger partial charge is 0.573 e. The average molecular weight is 644 g/mol. The fourth-order valence-electron chi connectivity index (χ4n) is 5.37. The van der Waals surface area contributed by atoms with E-state index in [4.69, 9.17) is 4.98 Å². The minimum atomic E-state index is -4.77. The van der Waals surface area contributed by atoms with Gasteiger partial charge in [-0.25, -0.2) is 4.98 Å². The number of anilines is 2. The minimum Gasteiger partial charge on any atom is -0.469 e. The van der Waals surface area contributed by atoms with E-state index in [-0.39, 0.29) is 24.6 Å². The molecule has 0 bridgehead atoms. The molecule has 1 aliphatic carbocycles. The monoisotopic (exact) mass is 643 g/mol. The summed E-state index contributed by atoms with van der Waals surface area (Å²) in [7, 11) is 1.30. The van der Waals surface area contributed by atoms with E-state index in [0.29, 0.717) is 28.5 Å². The highest BCUT2D eigenvalue weighted by Crippen LogP contribution is 2.39. The van der Waals surface area contributed by atoms with Crippen molar-refractivity contribution in [3.63, 3.8) is 0 Å². The zero-order valence-corrected chi connectivity index (χ0v) is 25.5. The molecular weight excluding hydrogens is 615 g/mol. The van der Waals surface area contributed by atoms with Crippen LogP contribution in [0.25, 0.3) is 22.4 Å². The summed E-state index contributed by atoms with van der Waals surface area (Å²) in [4.78, 5) is 30.9. The van der Waals surface area contributed by atoms with E-state index in [1.54, 1.807) is 12.1 Å². The Morgan fingerprint density at radius 2 is 1.67 bits per heavy atom. The first-order valence-electron chi connectivity index (χ1n) is 14.4. The SMILES string of the molecule is COC(=O)CCNC(=O)c1ccc(N(Cc2ccc3c(c2)Cc2ccccc2-3)c2nc(-c3ccc(OC(F)(F)F)cc3)cs2)cc1. The molecule has 1 heterocycles. The molecule has 0 saturated heterocycles. The molecule has 11 heteroatoms. The van der Waals surface area contributed by atoms with Crippen molar-refractivity contribution in [1.29, 1.82) is 0 Å². The average Bonchev–Trinajstić information content (AvgIpc) is 3.68. The van der Waals surface area contributed by atoms with Gasteiger partial charge in [-0.15, -0.1) is 24.5 Å². The number of rotatable bonds is 10. The third-order valence-electron chi connectivity index (χ3n) is 7.59. The summed E-state index contributed by atoms with van der Waals surface area (Å²) in [5, 5.41) is 5.24. The first-order valence-corrected chi connectivity index (χ1v) is 15.3. The van der Waals surface area contributed by atoms with Crippen LogP contribution in [0.3, 0.4) is 0 Å². The van der Waals surface area contributed by atoms with E-state index in [1.165, 1.54) is 65.0 Å². The van der Waals surface area contributed by atoms with Crippen molar-refractivity contribution in [2.45, 2.75) is 25.7 Å². The molecule has 46 heavy (non-hydrogen) atoms. The highest BCUT2D eigenvalue weighted by Gasteiger charge is 2.31. The second-order valence-corrected chi connectivity index (χ2v) is 11.5. The van der Waals surface area contributed by atoms with Crippen LogP contribution in [0.1, 0.15) is 33.5 Å². The first kappa shape index (κ1) is 30.8. The van der Waals surface area contributed by atoms with Crippen LogP contribution in [0.2, 0.25) is 0 Å². The van der Waals surface area contributed by atoms with Gasteiger partial charge in [0.2, 0.25) is 0 Å². The molecule has 1 N–H and O–H groups in total. The number of benzene rings is 4. The summed E-state index contributed by atoms with van der Waals surface area (Å²) in [5.41, 5.74) is 8.57. The summed E-state index contributed by atoms with van der Waals surface area (Å²) in [6.07, 6.45) is -3.84. The maximum Gasteiger partial charge on any atom is 0.573 e. The standard InChI is InChI=1S/C35H28F3N3O4S/c1-44-32(42)16-17-39-33(43)24-7-11-27(12-8-24)41(20-22-6-15-30-26(18-22)19-25-4-2-3-5-29(25)30)34-40-31(21-46-34)23-9-13-28(14-10-23)45-35(36,37)38/h2-15,18,21H,16-17,19-20H2,1H3,(H,39,43). The summed E-state index contributed by atoms with van der Waals surface area (Å²) >= 11 is 1.40. The third-order valence-corrected chi connectivity index (χ3v) is 8.45. The van der Waals surface area contributed by atoms with Gasteiger partial charge >= 0.3 is 12.3 Å². The Balaban J connectivity index is 1.26. The molecule has 6 rings (SSSR count). The number of methoxy groups -OCH3 is 1. The molecule has 1 aromatic heterocycles. The van der Waals surface area contributed by atoms with Gasteiger partial charge in [0.05, 0.1) is 25.8 Å². The van der Waals surface area contributed by atoms with Crippen LogP contribution in [0.4, 0.5) is 24.0 Å². The summed E-state index contributed by atoms with van der Waals surface area (Å²) < 4.78 is 46.5. The molecule has 7 nitrogen and oxygen atoms in total. The highest BCUT2D eigenvalue weighted by molar-refractivity contribution is 7.14. The summed E-state index contributed by atoms with van der Waals surface area (Å²) in [6, 6.07) is 27.5. The smallest absolute Gasteiger partial charge is 0.469 e. The molecule has 0 saturated carbocycles. The second-order valence-electron chi connectivity index (χ2n) is 10.6. The van der Waals surface area contributed by atoms with Gasteiger partial charge in [-0.1, -0.05) is 42.5 Å². The Bertz CT molecular complexity index is 1870. The van der Waals surface area contributed by atoms with Crippen LogP contribution in [-0.4, -0.2) is 36.9 Å². The maximum absolute atomic E-state index is 12.7. The maximum atomic E-state index is 12.7. The number of nitrogens with zero attached hydrogens (tertiary/aromatic N) is 2. The van der Waals surface area contributed by atoms with Crippen molar-refractivity contribution in [1.82, 2.24) is 10.3 Å². The van der Waals surface area contributed by atoms with E-state index < -0.39 is 12.3 Å². The number of esters is 1. The minimum absolute atomic E-state index is 0.0738. The number of thiazole rings is 1. The lowest BCUT2D eigenvalue weighted by Crippen LogP contribution is -2.26. The quantitative estimate of drug-likeness (QED) is 0.153. The highest BCUT2D eigenvalue weighted by atomic mass is 32.1. The van der Waals surface area contributed by atoms with Crippen LogP contribution >= 0.6 is 11.3 Å². The number of ether oxygens (including phenoxy) is 2. The lowest BCUT2D eigenvalue weighted by Gasteiger charge is -2.23. The Morgan fingerprint density at radius 3 is 2.41 bits per heavy atom. The number of amides is 1. The van der Waals surface area contributed by atoms with Gasteiger partial charge in [0.25, 0.3) is 5.91 Å². The molecule has 0 spiro atoms. The van der Waals surface area contributed by atoms with E-state index in [9.17, 15) is 22.8 Å². The molecule has 234 valence electrons. The zero-order chi connectivity index (χ0) is 32.3. The lowest BCUT2D eigenvalue weighted by molar-refractivity contribution is -0.274. The number of hydrogen-bond acceptors (Lipinski definition) is 7. The van der Waals surface area contributed by atoms with Gasteiger partial charge in [0, 0.05) is 28.7 Å². The molecule has 1 amide bonds. The predicted molar refractivity (Wildman–Crippen MR) is 170 cm³/mol. The fraction of sp³-hybridized carbons (Fsp3) is 0.171. The third kappa shape index (κ3) is 7.05. The molecule has 0 fully saturated rings. The number of carbonyl (C=O) groups is 2.